The van der Waals surface area contributed by atoms with Gasteiger partial charge in [0.15, 0.2) is 0 Å². The van der Waals surface area contributed by atoms with Crippen LogP contribution in [0.25, 0.3) is 21.8 Å². The number of anilines is 2. The number of hydrogen-bond donors (Lipinski definition) is 2. The van der Waals surface area contributed by atoms with E-state index in [1.807, 2.05) is 10.8 Å². The van der Waals surface area contributed by atoms with Gasteiger partial charge in [0.25, 0.3) is 5.56 Å². The SMILES string of the molecule is CCCCNc1ncc2c3ccc(N4CCN5CCC[C@H]5C4)cc3c(=O)n(C3CCC(O)CC3)c2n1. The standard InChI is InChI=1S/C28H38N6O2/c1-2-3-12-29-28-30-17-25-23-11-8-20(33-15-14-32-13-4-5-21(32)18-33)16-24(23)27(36)34(26(25)31-28)19-6-9-22(35)10-7-19/h8,11,16-17,19,21-22,35H,2-7,9-10,12-15,18H2,1H3,(H,29,30,31)/t19?,21-,22?/m0/s1. The Morgan fingerprint density at radius 3 is 2.72 bits per heavy atom. The number of benzene rings is 1. The largest absolute Gasteiger partial charge is 0.393 e. The molecule has 8 heteroatoms. The van der Waals surface area contributed by atoms with E-state index in [1.165, 1.54) is 19.4 Å². The van der Waals surface area contributed by atoms with Gasteiger partial charge < -0.3 is 15.3 Å². The van der Waals surface area contributed by atoms with Crippen molar-refractivity contribution in [3.8, 4) is 0 Å². The molecule has 1 aliphatic carbocycles. The molecular weight excluding hydrogens is 452 g/mol. The maximum Gasteiger partial charge on any atom is 0.260 e. The van der Waals surface area contributed by atoms with Gasteiger partial charge in [-0.1, -0.05) is 19.4 Å². The Kier molecular flexibility index (Phi) is 6.56. The third-order valence-electron chi connectivity index (χ3n) is 8.54. The maximum absolute atomic E-state index is 14.1. The predicted octanol–water partition coefficient (Wildman–Crippen LogP) is 3.92. The number of rotatable bonds is 6. The van der Waals surface area contributed by atoms with Crippen molar-refractivity contribution in [2.45, 2.75) is 76.5 Å². The molecule has 0 unspecified atom stereocenters. The van der Waals surface area contributed by atoms with Gasteiger partial charge in [0.05, 0.1) is 11.5 Å². The minimum Gasteiger partial charge on any atom is -0.393 e. The highest BCUT2D eigenvalue weighted by atomic mass is 16.3. The summed E-state index contributed by atoms with van der Waals surface area (Å²) in [6.07, 6.45) is 9.31. The Labute approximate surface area is 212 Å². The van der Waals surface area contributed by atoms with Crippen LogP contribution in [0.4, 0.5) is 11.6 Å². The molecule has 192 valence electrons. The van der Waals surface area contributed by atoms with Gasteiger partial charge in [-0.15, -0.1) is 0 Å². The molecule has 1 saturated carbocycles. The Hall–Kier alpha value is -2.71. The third kappa shape index (κ3) is 4.34. The Morgan fingerprint density at radius 2 is 1.89 bits per heavy atom. The molecule has 6 rings (SSSR count). The van der Waals surface area contributed by atoms with E-state index in [0.717, 1.165) is 86.6 Å². The summed E-state index contributed by atoms with van der Waals surface area (Å²) in [5.41, 5.74) is 1.86. The normalized spacial score (nSPS) is 24.9. The van der Waals surface area contributed by atoms with E-state index in [1.54, 1.807) is 0 Å². The van der Waals surface area contributed by atoms with Crippen LogP contribution in [0, 0.1) is 0 Å². The first kappa shape index (κ1) is 23.7. The molecule has 2 N–H and O–H groups in total. The molecule has 3 aliphatic rings. The maximum atomic E-state index is 14.1. The van der Waals surface area contributed by atoms with Gasteiger partial charge in [-0.05, 0) is 69.0 Å². The lowest BCUT2D eigenvalue weighted by molar-refractivity contribution is 0.111. The minimum atomic E-state index is -0.273. The molecule has 0 spiro atoms. The zero-order chi connectivity index (χ0) is 24.6. The van der Waals surface area contributed by atoms with Crippen LogP contribution in [0.15, 0.2) is 29.2 Å². The van der Waals surface area contributed by atoms with E-state index in [9.17, 15) is 9.90 Å². The van der Waals surface area contributed by atoms with Gasteiger partial charge in [-0.25, -0.2) is 4.98 Å². The third-order valence-corrected chi connectivity index (χ3v) is 8.54. The lowest BCUT2D eigenvalue weighted by Gasteiger charge is -2.39. The smallest absolute Gasteiger partial charge is 0.260 e. The highest BCUT2D eigenvalue weighted by Crippen LogP contribution is 2.33. The average molecular weight is 491 g/mol. The lowest BCUT2D eigenvalue weighted by atomic mass is 9.92. The molecule has 3 fully saturated rings. The van der Waals surface area contributed by atoms with Crippen LogP contribution in [0.5, 0.6) is 0 Å². The van der Waals surface area contributed by atoms with Crippen LogP contribution in [-0.2, 0) is 0 Å². The number of aliphatic hydroxyl groups is 1. The van der Waals surface area contributed by atoms with Gasteiger partial charge in [0, 0.05) is 55.5 Å². The summed E-state index contributed by atoms with van der Waals surface area (Å²) in [5.74, 6) is 0.574. The highest BCUT2D eigenvalue weighted by molar-refractivity contribution is 6.05. The van der Waals surface area contributed by atoms with E-state index >= 15 is 0 Å². The van der Waals surface area contributed by atoms with Gasteiger partial charge >= 0.3 is 0 Å². The number of aliphatic hydroxyl groups excluding tert-OH is 1. The summed E-state index contributed by atoms with van der Waals surface area (Å²) >= 11 is 0. The Bertz CT molecular complexity index is 1300. The molecule has 0 bridgehead atoms. The van der Waals surface area contributed by atoms with Crippen molar-refractivity contribution < 1.29 is 5.11 Å². The van der Waals surface area contributed by atoms with Gasteiger partial charge in [-0.2, -0.15) is 4.98 Å². The van der Waals surface area contributed by atoms with E-state index in [2.05, 4.69) is 45.2 Å². The van der Waals surface area contributed by atoms with E-state index < -0.39 is 0 Å². The van der Waals surface area contributed by atoms with Crippen molar-refractivity contribution >= 4 is 33.4 Å². The molecule has 0 radical (unpaired) electrons. The van der Waals surface area contributed by atoms with Crippen molar-refractivity contribution in [1.29, 1.82) is 0 Å². The highest BCUT2D eigenvalue weighted by Gasteiger charge is 2.31. The van der Waals surface area contributed by atoms with E-state index in [0.29, 0.717) is 17.6 Å². The Morgan fingerprint density at radius 1 is 1.03 bits per heavy atom. The zero-order valence-corrected chi connectivity index (χ0v) is 21.3. The number of unbranched alkanes of at least 4 members (excludes halogenated alkanes) is 1. The molecule has 2 saturated heterocycles. The molecule has 8 nitrogen and oxygen atoms in total. The molecule has 2 aromatic heterocycles. The summed E-state index contributed by atoms with van der Waals surface area (Å²) in [6.45, 7) is 7.32. The summed E-state index contributed by atoms with van der Waals surface area (Å²) in [4.78, 5) is 28.6. The van der Waals surface area contributed by atoms with Crippen molar-refractivity contribution in [3.63, 3.8) is 0 Å². The molecule has 1 atom stereocenters. The number of piperazine rings is 1. The summed E-state index contributed by atoms with van der Waals surface area (Å²) in [5, 5.41) is 16.0. The zero-order valence-electron chi connectivity index (χ0n) is 21.3. The molecule has 1 aromatic carbocycles. The van der Waals surface area contributed by atoms with Crippen LogP contribution < -0.4 is 15.8 Å². The summed E-state index contributed by atoms with van der Waals surface area (Å²) in [7, 11) is 0. The van der Waals surface area contributed by atoms with Crippen LogP contribution in [-0.4, -0.2) is 69.4 Å². The minimum absolute atomic E-state index is 0.0263. The van der Waals surface area contributed by atoms with E-state index in [4.69, 9.17) is 4.98 Å². The monoisotopic (exact) mass is 490 g/mol. The van der Waals surface area contributed by atoms with Gasteiger partial charge in [0.1, 0.15) is 5.65 Å². The number of nitrogens with zero attached hydrogens (tertiary/aromatic N) is 5. The number of nitrogens with one attached hydrogen (secondary N) is 1. The quantitative estimate of drug-likeness (QED) is 0.400. The Balaban J connectivity index is 1.44. The molecule has 2 aliphatic heterocycles. The fourth-order valence-corrected chi connectivity index (χ4v) is 6.46. The van der Waals surface area contributed by atoms with E-state index in [-0.39, 0.29) is 17.7 Å². The molecule has 36 heavy (non-hydrogen) atoms. The fourth-order valence-electron chi connectivity index (χ4n) is 6.46. The second-order valence-corrected chi connectivity index (χ2v) is 10.9. The van der Waals surface area contributed by atoms with Crippen molar-refractivity contribution in [2.75, 3.05) is 42.9 Å². The predicted molar refractivity (Wildman–Crippen MR) is 145 cm³/mol. The van der Waals surface area contributed by atoms with Crippen molar-refractivity contribution in [3.05, 3.63) is 34.7 Å². The average Bonchev–Trinajstić information content (AvgIpc) is 3.38. The van der Waals surface area contributed by atoms with Gasteiger partial charge in [-0.3, -0.25) is 14.3 Å². The van der Waals surface area contributed by atoms with Gasteiger partial charge in [0.2, 0.25) is 5.95 Å². The second kappa shape index (κ2) is 9.98. The molecule has 4 heterocycles. The number of pyridine rings is 1. The van der Waals surface area contributed by atoms with Crippen molar-refractivity contribution in [1.82, 2.24) is 19.4 Å². The second-order valence-electron chi connectivity index (χ2n) is 10.9. The first-order valence-corrected chi connectivity index (χ1v) is 13.9. The first-order valence-electron chi connectivity index (χ1n) is 13.9. The summed E-state index contributed by atoms with van der Waals surface area (Å²) < 4.78 is 1.91. The topological polar surface area (TPSA) is 86.5 Å². The van der Waals surface area contributed by atoms with Crippen LogP contribution in [0.1, 0.15) is 64.3 Å². The van der Waals surface area contributed by atoms with Crippen LogP contribution in [0.3, 0.4) is 0 Å². The van der Waals surface area contributed by atoms with Crippen LogP contribution >= 0.6 is 0 Å². The fraction of sp³-hybridized carbons (Fsp3) is 0.607. The van der Waals surface area contributed by atoms with Crippen LogP contribution in [0.2, 0.25) is 0 Å². The lowest BCUT2D eigenvalue weighted by Crippen LogP contribution is -2.50. The number of hydrogen-bond acceptors (Lipinski definition) is 7. The number of fused-ring (bicyclic) bond motifs is 4. The summed E-state index contributed by atoms with van der Waals surface area (Å²) in [6, 6.07) is 7.03. The molecule has 3 aromatic rings. The van der Waals surface area contributed by atoms with Crippen molar-refractivity contribution in [2.24, 2.45) is 0 Å². The molecule has 0 amide bonds. The first-order chi connectivity index (χ1) is 17.6. The number of aromatic nitrogens is 3. The molecular formula is C28H38N6O2.